The summed E-state index contributed by atoms with van der Waals surface area (Å²) in [5, 5.41) is 2.93. The van der Waals surface area contributed by atoms with Gasteiger partial charge in [-0.15, -0.1) is 11.3 Å². The molecule has 0 atom stereocenters. The summed E-state index contributed by atoms with van der Waals surface area (Å²) in [6.45, 7) is 3.11. The van der Waals surface area contributed by atoms with Gasteiger partial charge in [0.2, 0.25) is 11.9 Å². The molecular weight excluding hydrogens is 474 g/mol. The van der Waals surface area contributed by atoms with E-state index in [9.17, 15) is 4.79 Å². The molecule has 158 valence electrons. The van der Waals surface area contributed by atoms with E-state index in [4.69, 9.17) is 9.97 Å². The second kappa shape index (κ2) is 8.80. The van der Waals surface area contributed by atoms with E-state index >= 15 is 0 Å². The van der Waals surface area contributed by atoms with E-state index in [1.165, 1.54) is 0 Å². The number of H-pyrrole nitrogens is 1. The fourth-order valence-corrected chi connectivity index (χ4v) is 5.09. The van der Waals surface area contributed by atoms with Gasteiger partial charge < -0.3 is 14.8 Å². The van der Waals surface area contributed by atoms with Crippen LogP contribution in [0, 0.1) is 0 Å². The molecule has 3 heterocycles. The molecule has 5 rings (SSSR count). The molecule has 1 fully saturated rings. The first-order chi connectivity index (χ1) is 15.2. The quantitative estimate of drug-likeness (QED) is 0.444. The number of aromatic nitrogens is 3. The minimum Gasteiger partial charge on any atom is -0.341 e. The van der Waals surface area contributed by atoms with Crippen LogP contribution in [0.4, 0.5) is 5.95 Å². The average molecular weight is 496 g/mol. The van der Waals surface area contributed by atoms with Crippen LogP contribution in [-0.4, -0.2) is 51.9 Å². The molecule has 1 saturated heterocycles. The van der Waals surface area contributed by atoms with E-state index in [0.717, 1.165) is 63.8 Å². The Labute approximate surface area is 193 Å². The number of nitrogens with zero attached hydrogens (tertiary/aromatic N) is 4. The maximum atomic E-state index is 12.9. The number of carbonyl (C=O) groups is 1. The number of nitrogens with one attached hydrogen (secondary N) is 1. The number of hydrogen-bond donors (Lipinski definition) is 1. The largest absolute Gasteiger partial charge is 0.341 e. The summed E-state index contributed by atoms with van der Waals surface area (Å²) >= 11 is 5.08. The second-order valence-corrected chi connectivity index (χ2v) is 9.40. The molecule has 0 unspecified atom stereocenters. The smallest absolute Gasteiger partial charge is 0.228 e. The van der Waals surface area contributed by atoms with Crippen LogP contribution in [0.2, 0.25) is 0 Å². The number of aromatic amines is 1. The summed E-state index contributed by atoms with van der Waals surface area (Å²) in [6.07, 6.45) is 1.26. The van der Waals surface area contributed by atoms with Crippen LogP contribution in [0.1, 0.15) is 12.1 Å². The van der Waals surface area contributed by atoms with Gasteiger partial charge in [0, 0.05) is 41.6 Å². The summed E-state index contributed by atoms with van der Waals surface area (Å²) in [4.78, 5) is 29.9. The number of anilines is 1. The molecule has 2 aromatic heterocycles. The van der Waals surface area contributed by atoms with Gasteiger partial charge in [0.15, 0.2) is 0 Å². The molecule has 31 heavy (non-hydrogen) atoms. The van der Waals surface area contributed by atoms with Gasteiger partial charge in [0.1, 0.15) is 5.01 Å². The number of rotatable bonds is 4. The van der Waals surface area contributed by atoms with E-state index in [1.807, 2.05) is 58.8 Å². The number of imidazole rings is 1. The van der Waals surface area contributed by atoms with Crippen molar-refractivity contribution in [3.63, 3.8) is 0 Å². The average Bonchev–Trinajstić information content (AvgIpc) is 3.34. The van der Waals surface area contributed by atoms with Gasteiger partial charge in [-0.2, -0.15) is 0 Å². The Hall–Kier alpha value is -2.71. The third kappa shape index (κ3) is 4.50. The Bertz CT molecular complexity index is 1190. The highest BCUT2D eigenvalue weighted by Crippen LogP contribution is 2.26. The lowest BCUT2D eigenvalue weighted by Gasteiger charge is -2.21. The van der Waals surface area contributed by atoms with Gasteiger partial charge in [0.05, 0.1) is 23.1 Å². The van der Waals surface area contributed by atoms with E-state index in [1.54, 1.807) is 11.3 Å². The first-order valence-electron chi connectivity index (χ1n) is 10.3. The van der Waals surface area contributed by atoms with Crippen molar-refractivity contribution in [1.29, 1.82) is 0 Å². The van der Waals surface area contributed by atoms with Crippen molar-refractivity contribution in [2.45, 2.75) is 12.8 Å². The molecule has 2 aromatic carbocycles. The molecule has 1 aliphatic heterocycles. The van der Waals surface area contributed by atoms with Crippen molar-refractivity contribution in [3.8, 4) is 10.6 Å². The number of fused-ring (bicyclic) bond motifs is 1. The number of thiazole rings is 1. The number of amides is 1. The van der Waals surface area contributed by atoms with Crippen LogP contribution >= 0.6 is 27.3 Å². The third-order valence-electron chi connectivity index (χ3n) is 5.48. The van der Waals surface area contributed by atoms with Gasteiger partial charge in [-0.1, -0.05) is 40.2 Å². The van der Waals surface area contributed by atoms with Gasteiger partial charge in [0.25, 0.3) is 0 Å². The molecule has 1 N–H and O–H groups in total. The van der Waals surface area contributed by atoms with Crippen molar-refractivity contribution < 1.29 is 4.79 Å². The number of halogens is 1. The molecule has 0 saturated carbocycles. The monoisotopic (exact) mass is 495 g/mol. The number of benzene rings is 2. The summed E-state index contributed by atoms with van der Waals surface area (Å²) in [5.41, 5.74) is 3.91. The zero-order valence-corrected chi connectivity index (χ0v) is 19.3. The van der Waals surface area contributed by atoms with E-state index in [2.05, 4.69) is 25.8 Å². The third-order valence-corrected chi connectivity index (χ3v) is 6.91. The van der Waals surface area contributed by atoms with Crippen molar-refractivity contribution in [3.05, 3.63) is 64.1 Å². The van der Waals surface area contributed by atoms with Crippen molar-refractivity contribution in [2.75, 3.05) is 31.1 Å². The fraction of sp³-hybridized carbons (Fsp3) is 0.261. The molecule has 1 aliphatic rings. The molecular formula is C23H22BrN5OS. The maximum absolute atomic E-state index is 12.9. The SMILES string of the molecule is O=C(Cc1csc(-c2cccc(Br)c2)n1)N1CCCN(c2nc3ccccc3[nH]2)CC1. The minimum absolute atomic E-state index is 0.137. The standard InChI is InChI=1S/C23H22BrN5OS/c24-17-6-3-5-16(13-17)22-25-18(15-31-22)14-21(30)28-9-4-10-29(12-11-28)23-26-19-7-1-2-8-20(19)27-23/h1-3,5-8,13,15H,4,9-12,14H2,(H,26,27). The first kappa shape index (κ1) is 20.2. The lowest BCUT2D eigenvalue weighted by molar-refractivity contribution is -0.130. The predicted molar refractivity (Wildman–Crippen MR) is 128 cm³/mol. The highest BCUT2D eigenvalue weighted by atomic mass is 79.9. The minimum atomic E-state index is 0.137. The van der Waals surface area contributed by atoms with Crippen molar-refractivity contribution in [2.24, 2.45) is 0 Å². The van der Waals surface area contributed by atoms with Crippen molar-refractivity contribution in [1.82, 2.24) is 19.9 Å². The van der Waals surface area contributed by atoms with E-state index in [0.29, 0.717) is 13.0 Å². The van der Waals surface area contributed by atoms with Crippen molar-refractivity contribution >= 4 is 50.2 Å². The van der Waals surface area contributed by atoms with Crippen LogP contribution < -0.4 is 4.90 Å². The molecule has 0 spiro atoms. The lowest BCUT2D eigenvalue weighted by atomic mass is 10.2. The van der Waals surface area contributed by atoms with Crippen LogP contribution in [0.3, 0.4) is 0 Å². The molecule has 1 amide bonds. The van der Waals surface area contributed by atoms with Gasteiger partial charge in [-0.05, 0) is 30.7 Å². The van der Waals surface area contributed by atoms with Crippen LogP contribution in [-0.2, 0) is 11.2 Å². The van der Waals surface area contributed by atoms with Gasteiger partial charge in [-0.25, -0.2) is 9.97 Å². The first-order valence-corrected chi connectivity index (χ1v) is 12.0. The molecule has 8 heteroatoms. The maximum Gasteiger partial charge on any atom is 0.228 e. The summed E-state index contributed by atoms with van der Waals surface area (Å²) in [6, 6.07) is 16.1. The second-order valence-electron chi connectivity index (χ2n) is 7.63. The van der Waals surface area contributed by atoms with Crippen LogP contribution in [0.5, 0.6) is 0 Å². The zero-order valence-electron chi connectivity index (χ0n) is 16.9. The van der Waals surface area contributed by atoms with E-state index in [-0.39, 0.29) is 5.91 Å². The molecule has 0 aliphatic carbocycles. The Balaban J connectivity index is 1.22. The van der Waals surface area contributed by atoms with Gasteiger partial charge >= 0.3 is 0 Å². The fourth-order valence-electron chi connectivity index (χ4n) is 3.88. The Morgan fingerprint density at radius 1 is 1.06 bits per heavy atom. The normalized spacial score (nSPS) is 14.7. The zero-order chi connectivity index (χ0) is 21.2. The highest BCUT2D eigenvalue weighted by Gasteiger charge is 2.22. The molecule has 4 aromatic rings. The summed E-state index contributed by atoms with van der Waals surface area (Å²) < 4.78 is 1.02. The Morgan fingerprint density at radius 3 is 2.84 bits per heavy atom. The molecule has 0 radical (unpaired) electrons. The van der Waals surface area contributed by atoms with Gasteiger partial charge in [-0.3, -0.25) is 4.79 Å². The molecule has 6 nitrogen and oxygen atoms in total. The van der Waals surface area contributed by atoms with Crippen LogP contribution in [0.15, 0.2) is 58.4 Å². The predicted octanol–water partition coefficient (Wildman–Crippen LogP) is 4.73. The number of para-hydroxylation sites is 2. The number of hydrogen-bond acceptors (Lipinski definition) is 5. The summed E-state index contributed by atoms with van der Waals surface area (Å²) in [7, 11) is 0. The Morgan fingerprint density at radius 2 is 1.97 bits per heavy atom. The topological polar surface area (TPSA) is 65.1 Å². The summed E-state index contributed by atoms with van der Waals surface area (Å²) in [5.74, 6) is 1.02. The van der Waals surface area contributed by atoms with E-state index < -0.39 is 0 Å². The Kier molecular flexibility index (Phi) is 5.74. The molecule has 0 bridgehead atoms. The lowest BCUT2D eigenvalue weighted by Crippen LogP contribution is -2.36. The number of carbonyl (C=O) groups excluding carboxylic acids is 1. The highest BCUT2D eigenvalue weighted by molar-refractivity contribution is 9.10. The van der Waals surface area contributed by atoms with Crippen LogP contribution in [0.25, 0.3) is 21.6 Å².